The molecule has 3 aromatic carbocycles. The molecule has 0 radical (unpaired) electrons. The summed E-state index contributed by atoms with van der Waals surface area (Å²) in [4.78, 5) is 12.6. The van der Waals surface area contributed by atoms with E-state index >= 15 is 0 Å². The molecule has 0 atom stereocenters. The number of fused-ring (bicyclic) bond motifs is 1. The molecule has 0 saturated carbocycles. The normalized spacial score (nSPS) is 10.0. The lowest BCUT2D eigenvalue weighted by molar-refractivity contribution is 0.102. The number of para-hydroxylation sites is 1. The first-order valence-corrected chi connectivity index (χ1v) is 7.23. The van der Waals surface area contributed by atoms with Crippen LogP contribution in [0, 0.1) is 12.3 Å². The Kier molecular flexibility index (Phi) is 4.26. The molecule has 3 heteroatoms. The second-order valence-electron chi connectivity index (χ2n) is 5.01. The Hall–Kier alpha value is -3.25. The third kappa shape index (κ3) is 3.33. The summed E-state index contributed by atoms with van der Waals surface area (Å²) in [5.41, 5.74) is 1.19. The van der Waals surface area contributed by atoms with Crippen LogP contribution in [0.5, 0.6) is 5.75 Å². The molecule has 0 saturated heterocycles. The molecule has 1 amide bonds. The lowest BCUT2D eigenvalue weighted by Gasteiger charge is -2.12. The van der Waals surface area contributed by atoms with Crippen LogP contribution in [0.25, 0.3) is 10.8 Å². The van der Waals surface area contributed by atoms with E-state index in [1.165, 1.54) is 0 Å². The van der Waals surface area contributed by atoms with Gasteiger partial charge in [0.2, 0.25) is 0 Å². The zero-order valence-electron chi connectivity index (χ0n) is 12.5. The van der Waals surface area contributed by atoms with E-state index in [1.54, 1.807) is 0 Å². The van der Waals surface area contributed by atoms with Crippen molar-refractivity contribution in [2.45, 2.75) is 0 Å². The Morgan fingerprint density at radius 1 is 1.00 bits per heavy atom. The van der Waals surface area contributed by atoms with E-state index in [1.807, 2.05) is 66.7 Å². The fraction of sp³-hybridized carbons (Fsp3) is 0.0500. The van der Waals surface area contributed by atoms with Gasteiger partial charge in [0.25, 0.3) is 5.91 Å². The van der Waals surface area contributed by atoms with Gasteiger partial charge in [-0.25, -0.2) is 0 Å². The molecule has 3 aromatic rings. The van der Waals surface area contributed by atoms with Crippen LogP contribution < -0.4 is 10.1 Å². The number of carbonyl (C=O) groups is 1. The summed E-state index contributed by atoms with van der Waals surface area (Å²) in [6.45, 7) is 0.115. The minimum absolute atomic E-state index is 0.115. The molecule has 0 aliphatic rings. The maximum atomic E-state index is 12.6. The summed E-state index contributed by atoms with van der Waals surface area (Å²) in [7, 11) is 0. The second-order valence-corrected chi connectivity index (χ2v) is 5.01. The van der Waals surface area contributed by atoms with Gasteiger partial charge < -0.3 is 10.1 Å². The van der Waals surface area contributed by atoms with Gasteiger partial charge in [0, 0.05) is 5.69 Å². The molecular formula is C20H15NO2. The van der Waals surface area contributed by atoms with E-state index < -0.39 is 0 Å². The van der Waals surface area contributed by atoms with Gasteiger partial charge in [-0.2, -0.15) is 0 Å². The van der Waals surface area contributed by atoms with Gasteiger partial charge in [0.05, 0.1) is 5.56 Å². The van der Waals surface area contributed by atoms with Crippen molar-refractivity contribution in [2.24, 2.45) is 0 Å². The number of amides is 1. The summed E-state index contributed by atoms with van der Waals surface area (Å²) >= 11 is 0. The van der Waals surface area contributed by atoms with E-state index in [-0.39, 0.29) is 12.5 Å². The van der Waals surface area contributed by atoms with E-state index in [4.69, 9.17) is 11.2 Å². The third-order valence-corrected chi connectivity index (χ3v) is 3.44. The number of hydrogen-bond acceptors (Lipinski definition) is 2. The van der Waals surface area contributed by atoms with Gasteiger partial charge in [-0.05, 0) is 35.0 Å². The number of ether oxygens (including phenoxy) is 1. The number of hydrogen-bond donors (Lipinski definition) is 1. The Bertz CT molecular complexity index is 879. The number of anilines is 1. The Morgan fingerprint density at radius 3 is 2.35 bits per heavy atom. The van der Waals surface area contributed by atoms with E-state index in [2.05, 4.69) is 11.2 Å². The second kappa shape index (κ2) is 6.67. The maximum absolute atomic E-state index is 12.6. The van der Waals surface area contributed by atoms with Crippen LogP contribution in [0.1, 0.15) is 10.4 Å². The van der Waals surface area contributed by atoms with Gasteiger partial charge in [0.1, 0.15) is 12.4 Å². The van der Waals surface area contributed by atoms with Gasteiger partial charge in [0.15, 0.2) is 0 Å². The average molecular weight is 301 g/mol. The molecule has 112 valence electrons. The largest absolute Gasteiger partial charge is 0.480 e. The van der Waals surface area contributed by atoms with Gasteiger partial charge in [-0.1, -0.05) is 48.4 Å². The van der Waals surface area contributed by atoms with Crippen LogP contribution in [0.3, 0.4) is 0 Å². The van der Waals surface area contributed by atoms with Crippen molar-refractivity contribution in [1.29, 1.82) is 0 Å². The van der Waals surface area contributed by atoms with Crippen molar-refractivity contribution in [3.05, 3.63) is 72.3 Å². The Morgan fingerprint density at radius 2 is 1.65 bits per heavy atom. The van der Waals surface area contributed by atoms with Crippen molar-refractivity contribution in [1.82, 2.24) is 0 Å². The van der Waals surface area contributed by atoms with Gasteiger partial charge in [-0.15, -0.1) is 6.42 Å². The van der Waals surface area contributed by atoms with Gasteiger partial charge in [-0.3, -0.25) is 4.79 Å². The zero-order valence-corrected chi connectivity index (χ0v) is 12.5. The number of terminal acetylenes is 1. The van der Waals surface area contributed by atoms with Crippen LogP contribution in [-0.4, -0.2) is 12.5 Å². The predicted molar refractivity (Wildman–Crippen MR) is 92.7 cm³/mol. The predicted octanol–water partition coefficient (Wildman–Crippen LogP) is 4.10. The summed E-state index contributed by atoms with van der Waals surface area (Å²) in [5, 5.41) is 4.84. The first kappa shape index (κ1) is 14.7. The maximum Gasteiger partial charge on any atom is 0.259 e. The number of benzene rings is 3. The van der Waals surface area contributed by atoms with Crippen LogP contribution in [0.2, 0.25) is 0 Å². The Balaban J connectivity index is 1.99. The molecule has 3 nitrogen and oxygen atoms in total. The summed E-state index contributed by atoms with van der Waals surface area (Å²) in [5.74, 6) is 2.68. The molecule has 0 bridgehead atoms. The Labute approximate surface area is 134 Å². The number of rotatable bonds is 4. The number of carbonyl (C=O) groups excluding carboxylic acids is 1. The topological polar surface area (TPSA) is 38.3 Å². The molecular weight excluding hydrogens is 286 g/mol. The van der Waals surface area contributed by atoms with Crippen LogP contribution >= 0.6 is 0 Å². The highest BCUT2D eigenvalue weighted by Crippen LogP contribution is 2.27. The van der Waals surface area contributed by atoms with Crippen LogP contribution in [0.15, 0.2) is 66.7 Å². The van der Waals surface area contributed by atoms with Crippen molar-refractivity contribution >= 4 is 22.4 Å². The molecule has 0 fully saturated rings. The molecule has 0 unspecified atom stereocenters. The molecule has 0 spiro atoms. The SMILES string of the molecule is C#CCOc1cc2ccccc2cc1C(=O)Nc1ccccc1. The first-order valence-electron chi connectivity index (χ1n) is 7.23. The highest BCUT2D eigenvalue weighted by Gasteiger charge is 2.14. The van der Waals surface area contributed by atoms with Gasteiger partial charge >= 0.3 is 0 Å². The monoisotopic (exact) mass is 301 g/mol. The van der Waals surface area contributed by atoms with Crippen molar-refractivity contribution in [3.63, 3.8) is 0 Å². The lowest BCUT2D eigenvalue weighted by Crippen LogP contribution is -2.13. The summed E-state index contributed by atoms with van der Waals surface area (Å²) in [6.07, 6.45) is 5.26. The quantitative estimate of drug-likeness (QED) is 0.737. The minimum atomic E-state index is -0.228. The molecule has 1 N–H and O–H groups in total. The van der Waals surface area contributed by atoms with Crippen LogP contribution in [0.4, 0.5) is 5.69 Å². The highest BCUT2D eigenvalue weighted by molar-refractivity contribution is 6.08. The van der Waals surface area contributed by atoms with Crippen molar-refractivity contribution < 1.29 is 9.53 Å². The summed E-state index contributed by atoms with van der Waals surface area (Å²) in [6, 6.07) is 20.8. The molecule has 23 heavy (non-hydrogen) atoms. The first-order chi connectivity index (χ1) is 11.3. The minimum Gasteiger partial charge on any atom is -0.480 e. The molecule has 0 heterocycles. The standard InChI is InChI=1S/C20H15NO2/c1-2-12-23-19-14-16-9-7-6-8-15(16)13-18(19)20(22)21-17-10-4-3-5-11-17/h1,3-11,13-14H,12H2,(H,21,22). The molecule has 0 aromatic heterocycles. The molecule has 3 rings (SSSR count). The van der Waals surface area contributed by atoms with E-state index in [9.17, 15) is 4.79 Å². The summed E-state index contributed by atoms with van der Waals surface area (Å²) < 4.78 is 5.56. The zero-order chi connectivity index (χ0) is 16.1. The van der Waals surface area contributed by atoms with Crippen molar-refractivity contribution in [3.8, 4) is 18.1 Å². The fourth-order valence-corrected chi connectivity index (χ4v) is 2.36. The number of nitrogens with one attached hydrogen (secondary N) is 1. The average Bonchev–Trinajstić information content (AvgIpc) is 2.60. The van der Waals surface area contributed by atoms with E-state index in [0.717, 1.165) is 16.5 Å². The third-order valence-electron chi connectivity index (χ3n) is 3.44. The highest BCUT2D eigenvalue weighted by atomic mass is 16.5. The van der Waals surface area contributed by atoms with Crippen molar-refractivity contribution in [2.75, 3.05) is 11.9 Å². The smallest absolute Gasteiger partial charge is 0.259 e. The van der Waals surface area contributed by atoms with Crippen LogP contribution in [-0.2, 0) is 0 Å². The lowest BCUT2D eigenvalue weighted by atomic mass is 10.1. The molecule has 0 aliphatic carbocycles. The molecule has 0 aliphatic heterocycles. The fourth-order valence-electron chi connectivity index (χ4n) is 2.36. The van der Waals surface area contributed by atoms with E-state index in [0.29, 0.717) is 11.3 Å².